The minimum Gasteiger partial charge on any atom is -0.455 e. The third-order valence-electron chi connectivity index (χ3n) is 8.68. The molecule has 0 saturated carbocycles. The maximum absolute atomic E-state index is 7.31. The molecular weight excluding hydrogens is 536 g/mol. The van der Waals surface area contributed by atoms with Crippen LogP contribution in [0.4, 0.5) is 0 Å². The fourth-order valence-electron chi connectivity index (χ4n) is 6.74. The second kappa shape index (κ2) is 11.0. The van der Waals surface area contributed by atoms with Crippen LogP contribution in [0, 0.1) is 6.92 Å². The Morgan fingerprint density at radius 3 is 1.73 bits per heavy atom. The van der Waals surface area contributed by atoms with Crippen LogP contribution in [0.3, 0.4) is 0 Å². The summed E-state index contributed by atoms with van der Waals surface area (Å²) in [7, 11) is 0. The summed E-state index contributed by atoms with van der Waals surface area (Å²) in [6.07, 6.45) is 1.01. The number of aliphatic imine (C=N–C) groups is 1. The Morgan fingerprint density at radius 1 is 0.568 bits per heavy atom. The highest BCUT2D eigenvalue weighted by molar-refractivity contribution is 6.23. The minimum absolute atomic E-state index is 0.784. The van der Waals surface area contributed by atoms with Crippen LogP contribution in [0.2, 0.25) is 0 Å². The Kier molecular flexibility index (Phi) is 6.57. The Labute approximate surface area is 258 Å². The molecule has 0 radical (unpaired) electrons. The molecule has 0 atom stereocenters. The van der Waals surface area contributed by atoms with Crippen molar-refractivity contribution in [3.8, 4) is 28.0 Å². The molecule has 0 spiro atoms. The fraction of sp³-hybridized carbons (Fsp3) is 0.0976. The van der Waals surface area contributed by atoms with Crippen LogP contribution in [0.1, 0.15) is 34.2 Å². The topological polar surface area (TPSA) is 33.6 Å². The molecule has 0 fully saturated rings. The van der Waals surface area contributed by atoms with Crippen LogP contribution in [0.25, 0.3) is 44.4 Å². The number of benzene rings is 6. The fourth-order valence-corrected chi connectivity index (χ4v) is 6.74. The maximum Gasteiger partial charge on any atom is 0.147 e. The molecule has 0 aliphatic carbocycles. The average Bonchev–Trinajstić information content (AvgIpc) is 3.10. The first-order valence-corrected chi connectivity index (χ1v) is 15.4. The van der Waals surface area contributed by atoms with Crippen LogP contribution in [0.15, 0.2) is 138 Å². The van der Waals surface area contributed by atoms with Gasteiger partial charge in [-0.1, -0.05) is 133 Å². The summed E-state index contributed by atoms with van der Waals surface area (Å²) in [4.78, 5) is 5.10. The van der Waals surface area contributed by atoms with Crippen molar-refractivity contribution < 1.29 is 4.74 Å². The smallest absolute Gasteiger partial charge is 0.147 e. The lowest BCUT2D eigenvalue weighted by Crippen LogP contribution is -2.31. The number of ether oxygens (including phenoxy) is 1. The Hall–Kier alpha value is -5.41. The van der Waals surface area contributed by atoms with E-state index < -0.39 is 0 Å². The first-order chi connectivity index (χ1) is 21.8. The molecule has 3 heteroatoms. The molecule has 8 rings (SSSR count). The first kappa shape index (κ1) is 26.2. The van der Waals surface area contributed by atoms with Crippen molar-refractivity contribution in [1.82, 2.24) is 5.32 Å². The van der Waals surface area contributed by atoms with Gasteiger partial charge in [0.2, 0.25) is 0 Å². The van der Waals surface area contributed by atoms with E-state index in [-0.39, 0.29) is 0 Å². The van der Waals surface area contributed by atoms with E-state index in [1.165, 1.54) is 27.6 Å². The van der Waals surface area contributed by atoms with Crippen LogP contribution in [-0.4, -0.2) is 18.9 Å². The lowest BCUT2D eigenvalue weighted by molar-refractivity contribution is 0.518. The van der Waals surface area contributed by atoms with Crippen molar-refractivity contribution in [3.63, 3.8) is 0 Å². The van der Waals surface area contributed by atoms with Crippen molar-refractivity contribution in [2.24, 2.45) is 4.99 Å². The van der Waals surface area contributed by atoms with Crippen LogP contribution in [0.5, 0.6) is 5.75 Å². The van der Waals surface area contributed by atoms with Gasteiger partial charge in [0.1, 0.15) is 17.3 Å². The zero-order valence-corrected chi connectivity index (χ0v) is 24.7. The van der Waals surface area contributed by atoms with Gasteiger partial charge in [0.15, 0.2) is 0 Å². The van der Waals surface area contributed by atoms with E-state index in [1.807, 2.05) is 0 Å². The second-order valence-electron chi connectivity index (χ2n) is 11.4. The number of nitrogens with zero attached hydrogens (tertiary/aromatic N) is 1. The van der Waals surface area contributed by atoms with Crippen molar-refractivity contribution >= 4 is 27.9 Å². The maximum atomic E-state index is 7.31. The standard InChI is InChI=1S/C41H32N2O/c1-27-23-24-32-34(28-15-6-2-7-16-28)35(29-17-8-3-9-18-29)38(41-42-25-14-26-43-41)40-37(32)33(27)36(30-19-10-4-11-20-30)39(44-40)31-21-12-5-13-22-31/h2-13,15-24H,14,25-26H2,1H3,(H,42,43). The Balaban J connectivity index is 1.60. The Bertz CT molecular complexity index is 2060. The molecule has 0 bridgehead atoms. The van der Waals surface area contributed by atoms with Crippen molar-refractivity contribution in [2.75, 3.05) is 13.1 Å². The number of aryl methyl sites for hydroxylation is 1. The van der Waals surface area contributed by atoms with Crippen molar-refractivity contribution in [2.45, 2.75) is 13.3 Å². The average molecular weight is 569 g/mol. The molecule has 0 unspecified atom stereocenters. The minimum atomic E-state index is 0.784. The lowest BCUT2D eigenvalue weighted by atomic mass is 9.79. The largest absolute Gasteiger partial charge is 0.455 e. The lowest BCUT2D eigenvalue weighted by Gasteiger charge is -2.32. The molecule has 2 heterocycles. The molecule has 1 N–H and O–H groups in total. The van der Waals surface area contributed by atoms with Gasteiger partial charge in [-0.2, -0.15) is 0 Å². The van der Waals surface area contributed by atoms with Crippen LogP contribution >= 0.6 is 0 Å². The molecule has 0 saturated heterocycles. The van der Waals surface area contributed by atoms with Gasteiger partial charge in [-0.15, -0.1) is 0 Å². The van der Waals surface area contributed by atoms with Crippen molar-refractivity contribution in [3.05, 3.63) is 161 Å². The summed E-state index contributed by atoms with van der Waals surface area (Å²) >= 11 is 0. The molecule has 2 aliphatic rings. The Morgan fingerprint density at radius 2 is 1.14 bits per heavy atom. The van der Waals surface area contributed by atoms with Gasteiger partial charge >= 0.3 is 0 Å². The quantitative estimate of drug-likeness (QED) is 0.225. The number of amidine groups is 1. The highest BCUT2D eigenvalue weighted by Gasteiger charge is 2.34. The van der Waals surface area contributed by atoms with E-state index >= 15 is 0 Å². The number of rotatable bonds is 5. The number of hydrogen-bond acceptors (Lipinski definition) is 3. The predicted molar refractivity (Wildman–Crippen MR) is 183 cm³/mol. The zero-order chi connectivity index (χ0) is 29.5. The van der Waals surface area contributed by atoms with Gasteiger partial charge < -0.3 is 10.1 Å². The van der Waals surface area contributed by atoms with E-state index in [1.54, 1.807) is 0 Å². The summed E-state index contributed by atoms with van der Waals surface area (Å²) in [5.41, 5.74) is 11.4. The predicted octanol–water partition coefficient (Wildman–Crippen LogP) is 9.53. The number of nitrogens with one attached hydrogen (secondary N) is 1. The van der Waals surface area contributed by atoms with E-state index in [4.69, 9.17) is 9.73 Å². The molecule has 0 aromatic heterocycles. The van der Waals surface area contributed by atoms with Gasteiger partial charge in [-0.25, -0.2) is 0 Å². The van der Waals surface area contributed by atoms with E-state index in [2.05, 4.69) is 146 Å². The SMILES string of the molecule is Cc1ccc2c(-c3ccccc3)c(-c3ccccc3)c(C3=NCCCN3)c3c2c1C(c1ccccc1)=C(c1ccccc1)O3. The van der Waals surface area contributed by atoms with Gasteiger partial charge in [0.05, 0.1) is 5.56 Å². The van der Waals surface area contributed by atoms with Gasteiger partial charge in [0, 0.05) is 40.7 Å². The summed E-state index contributed by atoms with van der Waals surface area (Å²) in [6, 6.07) is 47.2. The first-order valence-electron chi connectivity index (χ1n) is 15.4. The third kappa shape index (κ3) is 4.32. The third-order valence-corrected chi connectivity index (χ3v) is 8.68. The highest BCUT2D eigenvalue weighted by Crippen LogP contribution is 2.54. The van der Waals surface area contributed by atoms with Gasteiger partial charge in [0.25, 0.3) is 0 Å². The summed E-state index contributed by atoms with van der Waals surface area (Å²) in [5, 5.41) is 5.98. The monoisotopic (exact) mass is 568 g/mol. The summed E-state index contributed by atoms with van der Waals surface area (Å²) in [6.45, 7) is 3.88. The summed E-state index contributed by atoms with van der Waals surface area (Å²) in [5.74, 6) is 2.63. The summed E-state index contributed by atoms with van der Waals surface area (Å²) < 4.78 is 7.31. The molecule has 2 aliphatic heterocycles. The molecule has 44 heavy (non-hydrogen) atoms. The molecule has 3 nitrogen and oxygen atoms in total. The van der Waals surface area contributed by atoms with Crippen molar-refractivity contribution in [1.29, 1.82) is 0 Å². The van der Waals surface area contributed by atoms with E-state index in [0.29, 0.717) is 0 Å². The molecular formula is C41H32N2O. The highest BCUT2D eigenvalue weighted by atomic mass is 16.5. The normalized spacial score (nSPS) is 14.2. The second-order valence-corrected chi connectivity index (χ2v) is 11.4. The number of hydrogen-bond donors (Lipinski definition) is 1. The molecule has 212 valence electrons. The van der Waals surface area contributed by atoms with E-state index in [0.717, 1.165) is 75.6 Å². The molecule has 0 amide bonds. The van der Waals surface area contributed by atoms with E-state index in [9.17, 15) is 0 Å². The van der Waals surface area contributed by atoms with Crippen LogP contribution < -0.4 is 10.1 Å². The molecule has 6 aromatic carbocycles. The van der Waals surface area contributed by atoms with Gasteiger partial charge in [-0.3, -0.25) is 4.99 Å². The van der Waals surface area contributed by atoms with Gasteiger partial charge in [-0.05, 0) is 46.5 Å². The zero-order valence-electron chi connectivity index (χ0n) is 24.7. The van der Waals surface area contributed by atoms with Crippen LogP contribution in [-0.2, 0) is 0 Å². The molecule has 6 aromatic rings.